The summed E-state index contributed by atoms with van der Waals surface area (Å²) >= 11 is 0. The number of H-pyrrole nitrogens is 1. The summed E-state index contributed by atoms with van der Waals surface area (Å²) in [6.45, 7) is 4.52. The molecule has 1 saturated heterocycles. The molecule has 3 heterocycles. The fourth-order valence-corrected chi connectivity index (χ4v) is 4.25. The van der Waals surface area contributed by atoms with Crippen molar-refractivity contribution in [1.29, 1.82) is 0 Å². The molecule has 1 aromatic carbocycles. The van der Waals surface area contributed by atoms with Crippen molar-refractivity contribution in [3.63, 3.8) is 0 Å². The van der Waals surface area contributed by atoms with Crippen molar-refractivity contribution in [2.24, 2.45) is 11.7 Å². The highest BCUT2D eigenvalue weighted by Gasteiger charge is 2.43. The van der Waals surface area contributed by atoms with Crippen LogP contribution in [-0.4, -0.2) is 44.3 Å². The highest BCUT2D eigenvalue weighted by atomic mass is 16.2. The summed E-state index contributed by atoms with van der Waals surface area (Å²) in [5.41, 5.74) is 7.77. The van der Waals surface area contributed by atoms with E-state index in [0.717, 1.165) is 29.7 Å². The van der Waals surface area contributed by atoms with Crippen LogP contribution in [-0.2, 0) is 15.1 Å². The SMILES string of the molecule is C[C@H]1CC[C@@](C)(c2ccc(-c3cc[nH]n3)cc2)N(C(=O)C(=O)Nc2cncc(C(N)=O)c2)C1. The van der Waals surface area contributed by atoms with Crippen LogP contribution in [0.1, 0.15) is 42.6 Å². The van der Waals surface area contributed by atoms with Crippen LogP contribution in [0, 0.1) is 5.92 Å². The molecule has 1 aliphatic heterocycles. The van der Waals surface area contributed by atoms with Crippen LogP contribution in [0.3, 0.4) is 0 Å². The highest BCUT2D eigenvalue weighted by Crippen LogP contribution is 2.39. The highest BCUT2D eigenvalue weighted by molar-refractivity contribution is 6.39. The zero-order valence-corrected chi connectivity index (χ0v) is 18.5. The second-order valence-corrected chi connectivity index (χ2v) is 8.65. The smallest absolute Gasteiger partial charge is 0.313 e. The molecular weight excluding hydrogens is 420 g/mol. The fraction of sp³-hybridized carbons (Fsp3) is 0.292. The number of aromatic nitrogens is 3. The molecule has 3 amide bonds. The minimum Gasteiger partial charge on any atom is -0.366 e. The van der Waals surface area contributed by atoms with E-state index in [2.05, 4.69) is 27.4 Å². The Kier molecular flexibility index (Phi) is 5.95. The molecule has 4 N–H and O–H groups in total. The van der Waals surface area contributed by atoms with Crippen LogP contribution in [0.15, 0.2) is 55.0 Å². The van der Waals surface area contributed by atoms with E-state index >= 15 is 0 Å². The van der Waals surface area contributed by atoms with E-state index in [4.69, 9.17) is 5.73 Å². The molecule has 1 aliphatic rings. The molecule has 9 nitrogen and oxygen atoms in total. The maximum absolute atomic E-state index is 13.3. The van der Waals surface area contributed by atoms with Crippen LogP contribution >= 0.6 is 0 Å². The second-order valence-electron chi connectivity index (χ2n) is 8.65. The van der Waals surface area contributed by atoms with E-state index in [0.29, 0.717) is 6.54 Å². The van der Waals surface area contributed by atoms with Gasteiger partial charge in [-0.1, -0.05) is 31.2 Å². The average molecular weight is 447 g/mol. The number of hydrogen-bond donors (Lipinski definition) is 3. The number of nitrogens with one attached hydrogen (secondary N) is 2. The van der Waals surface area contributed by atoms with Gasteiger partial charge in [-0.2, -0.15) is 5.10 Å². The number of rotatable bonds is 4. The number of piperidine rings is 1. The van der Waals surface area contributed by atoms with Crippen LogP contribution in [0.5, 0.6) is 0 Å². The number of amides is 3. The standard InChI is InChI=1S/C24H26N6O3/c1-15-7-9-24(2,18-5-3-16(4-6-18)20-8-10-27-29-20)30(14-15)23(33)22(32)28-19-11-17(21(25)31)12-26-13-19/h3-6,8,10-13,15H,7,9,14H2,1-2H3,(H2,25,31)(H,27,29)(H,28,32)/t15-,24-/m0/s1. The number of nitrogens with two attached hydrogens (primary N) is 1. The van der Waals surface area contributed by atoms with E-state index < -0.39 is 23.3 Å². The quantitative estimate of drug-likeness (QED) is 0.530. The molecule has 3 aromatic rings. The first-order valence-corrected chi connectivity index (χ1v) is 10.8. The third-order valence-electron chi connectivity index (χ3n) is 6.24. The molecule has 2 atom stereocenters. The van der Waals surface area contributed by atoms with Gasteiger partial charge in [0.05, 0.1) is 28.7 Å². The second kappa shape index (κ2) is 8.85. The molecule has 0 spiro atoms. The average Bonchev–Trinajstić information content (AvgIpc) is 3.35. The number of hydrogen-bond acceptors (Lipinski definition) is 5. The summed E-state index contributed by atoms with van der Waals surface area (Å²) in [7, 11) is 0. The van der Waals surface area contributed by atoms with Crippen molar-refractivity contribution in [3.8, 4) is 11.3 Å². The summed E-state index contributed by atoms with van der Waals surface area (Å²) in [6.07, 6.45) is 6.10. The molecule has 9 heteroatoms. The van der Waals surface area contributed by atoms with Gasteiger partial charge in [-0.15, -0.1) is 0 Å². The van der Waals surface area contributed by atoms with Gasteiger partial charge in [0, 0.05) is 24.5 Å². The van der Waals surface area contributed by atoms with Gasteiger partial charge >= 0.3 is 11.8 Å². The first-order chi connectivity index (χ1) is 15.8. The lowest BCUT2D eigenvalue weighted by Gasteiger charge is -2.47. The van der Waals surface area contributed by atoms with E-state index in [9.17, 15) is 14.4 Å². The van der Waals surface area contributed by atoms with E-state index in [-0.39, 0.29) is 17.2 Å². The van der Waals surface area contributed by atoms with Gasteiger partial charge in [-0.25, -0.2) is 0 Å². The maximum atomic E-state index is 13.3. The minimum atomic E-state index is -0.785. The number of anilines is 1. The minimum absolute atomic E-state index is 0.147. The lowest BCUT2D eigenvalue weighted by Crippen LogP contribution is -2.55. The Morgan fingerprint density at radius 2 is 1.94 bits per heavy atom. The van der Waals surface area contributed by atoms with Crippen molar-refractivity contribution < 1.29 is 14.4 Å². The molecule has 170 valence electrons. The third kappa shape index (κ3) is 4.48. The van der Waals surface area contributed by atoms with Gasteiger partial charge in [-0.05, 0) is 43.4 Å². The van der Waals surface area contributed by atoms with Crippen LogP contribution in [0.2, 0.25) is 0 Å². The lowest BCUT2D eigenvalue weighted by atomic mass is 9.78. The molecule has 0 unspecified atom stereocenters. The molecule has 33 heavy (non-hydrogen) atoms. The van der Waals surface area contributed by atoms with Crippen molar-refractivity contribution in [2.75, 3.05) is 11.9 Å². The summed E-state index contributed by atoms with van der Waals surface area (Å²) < 4.78 is 0. The van der Waals surface area contributed by atoms with Crippen molar-refractivity contribution in [3.05, 3.63) is 66.1 Å². The zero-order chi connectivity index (χ0) is 23.6. The Morgan fingerprint density at radius 3 is 2.61 bits per heavy atom. The fourth-order valence-electron chi connectivity index (χ4n) is 4.25. The van der Waals surface area contributed by atoms with E-state index in [1.54, 1.807) is 11.1 Å². The Balaban J connectivity index is 1.58. The summed E-state index contributed by atoms with van der Waals surface area (Å²) in [4.78, 5) is 43.1. The Bertz CT molecular complexity index is 1180. The van der Waals surface area contributed by atoms with Crippen LogP contribution in [0.4, 0.5) is 5.69 Å². The third-order valence-corrected chi connectivity index (χ3v) is 6.24. The monoisotopic (exact) mass is 446 g/mol. The van der Waals surface area contributed by atoms with Gasteiger partial charge < -0.3 is 16.0 Å². The topological polar surface area (TPSA) is 134 Å². The molecule has 4 rings (SSSR count). The maximum Gasteiger partial charge on any atom is 0.313 e. The number of carbonyl (C=O) groups is 3. The predicted octanol–water partition coefficient (Wildman–Crippen LogP) is 2.68. The lowest BCUT2D eigenvalue weighted by molar-refractivity contribution is -0.150. The van der Waals surface area contributed by atoms with Crippen LogP contribution < -0.4 is 11.1 Å². The summed E-state index contributed by atoms with van der Waals surface area (Å²) in [5, 5.41) is 9.56. The van der Waals surface area contributed by atoms with Gasteiger partial charge in [0.15, 0.2) is 0 Å². The van der Waals surface area contributed by atoms with Crippen molar-refractivity contribution >= 4 is 23.4 Å². The number of nitrogens with zero attached hydrogens (tertiary/aromatic N) is 3. The summed E-state index contributed by atoms with van der Waals surface area (Å²) in [6, 6.07) is 11.2. The van der Waals surface area contributed by atoms with Crippen molar-refractivity contribution in [1.82, 2.24) is 20.1 Å². The van der Waals surface area contributed by atoms with E-state index in [1.807, 2.05) is 37.3 Å². The first-order valence-electron chi connectivity index (χ1n) is 10.8. The van der Waals surface area contributed by atoms with Gasteiger partial charge in [-0.3, -0.25) is 24.5 Å². The normalized spacial score (nSPS) is 20.3. The number of benzene rings is 1. The largest absolute Gasteiger partial charge is 0.366 e. The molecular formula is C24H26N6O3. The Morgan fingerprint density at radius 1 is 1.18 bits per heavy atom. The number of likely N-dealkylation sites (tertiary alicyclic amines) is 1. The number of carbonyl (C=O) groups excluding carboxylic acids is 3. The van der Waals surface area contributed by atoms with E-state index in [1.165, 1.54) is 18.5 Å². The zero-order valence-electron chi connectivity index (χ0n) is 18.5. The first kappa shape index (κ1) is 22.2. The molecule has 0 saturated carbocycles. The molecule has 1 fully saturated rings. The number of primary amides is 1. The van der Waals surface area contributed by atoms with Crippen LogP contribution in [0.25, 0.3) is 11.3 Å². The van der Waals surface area contributed by atoms with Crippen molar-refractivity contribution in [2.45, 2.75) is 32.2 Å². The van der Waals surface area contributed by atoms with Gasteiger partial charge in [0.2, 0.25) is 5.91 Å². The molecule has 2 aromatic heterocycles. The van der Waals surface area contributed by atoms with Gasteiger partial charge in [0.25, 0.3) is 0 Å². The van der Waals surface area contributed by atoms with Gasteiger partial charge in [0.1, 0.15) is 0 Å². The Labute approximate surface area is 191 Å². The number of pyridine rings is 1. The molecule has 0 aliphatic carbocycles. The predicted molar refractivity (Wildman–Crippen MR) is 123 cm³/mol. The molecule has 0 radical (unpaired) electrons. The Hall–Kier alpha value is -4.01. The number of aromatic amines is 1. The summed E-state index contributed by atoms with van der Waals surface area (Å²) in [5.74, 6) is -1.82. The molecule has 0 bridgehead atoms.